The van der Waals surface area contributed by atoms with Gasteiger partial charge in [-0.2, -0.15) is 5.26 Å². The number of benzene rings is 1. The molecule has 24 heavy (non-hydrogen) atoms. The summed E-state index contributed by atoms with van der Waals surface area (Å²) < 4.78 is 0. The molecule has 1 aliphatic rings. The maximum atomic E-state index is 12.4. The number of nitrogens with zero attached hydrogens (tertiary/aromatic N) is 1. The minimum absolute atomic E-state index is 0.0542. The minimum Gasteiger partial charge on any atom is -0.481 e. The molecule has 1 atom stereocenters. The highest BCUT2D eigenvalue weighted by Crippen LogP contribution is 2.38. The van der Waals surface area contributed by atoms with Crippen LogP contribution in [0.15, 0.2) is 30.3 Å². The maximum absolute atomic E-state index is 12.4. The molecular formula is C18H16N2O3S. The Bertz CT molecular complexity index is 846. The lowest BCUT2D eigenvalue weighted by molar-refractivity contribution is -0.146. The molecular weight excluding hydrogens is 324 g/mol. The lowest BCUT2D eigenvalue weighted by Gasteiger charge is -2.14. The topological polar surface area (TPSA) is 90.2 Å². The van der Waals surface area contributed by atoms with Gasteiger partial charge in [-0.1, -0.05) is 12.1 Å². The second-order valence-electron chi connectivity index (χ2n) is 5.95. The van der Waals surface area contributed by atoms with Crippen LogP contribution in [0.5, 0.6) is 0 Å². The molecule has 0 spiro atoms. The minimum atomic E-state index is -1.07. The summed E-state index contributed by atoms with van der Waals surface area (Å²) in [4.78, 5) is 25.2. The van der Waals surface area contributed by atoms with E-state index in [0.717, 1.165) is 28.8 Å². The molecule has 0 aliphatic heterocycles. The van der Waals surface area contributed by atoms with Crippen molar-refractivity contribution in [1.29, 1.82) is 5.26 Å². The van der Waals surface area contributed by atoms with Crippen molar-refractivity contribution in [3.63, 3.8) is 0 Å². The number of aliphatic carboxylic acids is 1. The number of carbonyl (C=O) groups excluding carboxylic acids is 1. The summed E-state index contributed by atoms with van der Waals surface area (Å²) >= 11 is 1.38. The Labute approximate surface area is 143 Å². The van der Waals surface area contributed by atoms with Gasteiger partial charge in [-0.25, -0.2) is 0 Å². The van der Waals surface area contributed by atoms with E-state index >= 15 is 0 Å². The highest BCUT2D eigenvalue weighted by atomic mass is 32.1. The van der Waals surface area contributed by atoms with Gasteiger partial charge in [0.1, 0.15) is 16.9 Å². The molecule has 1 fully saturated rings. The van der Waals surface area contributed by atoms with Crippen LogP contribution in [0.4, 0.5) is 5.69 Å². The average Bonchev–Trinajstić information content (AvgIpc) is 3.24. The van der Waals surface area contributed by atoms with E-state index in [0.29, 0.717) is 10.6 Å². The third kappa shape index (κ3) is 3.31. The van der Waals surface area contributed by atoms with Crippen LogP contribution in [0.1, 0.15) is 23.3 Å². The molecule has 6 heteroatoms. The first-order chi connectivity index (χ1) is 11.5. The molecule has 2 N–H and O–H groups in total. The van der Waals surface area contributed by atoms with Gasteiger partial charge in [-0.05, 0) is 55.0 Å². The van der Waals surface area contributed by atoms with E-state index in [-0.39, 0.29) is 5.92 Å². The summed E-state index contributed by atoms with van der Waals surface area (Å²) in [5.41, 5.74) is 2.36. The molecule has 2 aromatic rings. The van der Waals surface area contributed by atoms with Crippen LogP contribution in [0.2, 0.25) is 0 Å². The number of nitrogens with one attached hydrogen (secondary N) is 1. The van der Waals surface area contributed by atoms with E-state index in [9.17, 15) is 14.7 Å². The van der Waals surface area contributed by atoms with Gasteiger partial charge in [0.05, 0.1) is 0 Å². The molecule has 1 amide bonds. The zero-order valence-electron chi connectivity index (χ0n) is 13.1. The Morgan fingerprint density at radius 1 is 1.33 bits per heavy atom. The molecule has 1 aliphatic carbocycles. The van der Waals surface area contributed by atoms with Crippen molar-refractivity contribution in [3.05, 3.63) is 40.8 Å². The summed E-state index contributed by atoms with van der Waals surface area (Å²) in [6.45, 7) is 1.86. The number of carboxylic acid groups (broad SMARTS) is 1. The molecule has 1 aromatic carbocycles. The summed E-state index contributed by atoms with van der Waals surface area (Å²) in [5.74, 6) is -2.57. The Morgan fingerprint density at radius 3 is 2.67 bits per heavy atom. The predicted octanol–water partition coefficient (Wildman–Crippen LogP) is 3.64. The number of carbonyl (C=O) groups is 2. The number of aryl methyl sites for hydroxylation is 1. The molecule has 1 unspecified atom stereocenters. The highest BCUT2D eigenvalue weighted by Gasteiger charge is 2.41. The third-order valence-electron chi connectivity index (χ3n) is 4.14. The molecule has 1 heterocycles. The molecule has 122 valence electrons. The largest absolute Gasteiger partial charge is 0.481 e. The van der Waals surface area contributed by atoms with E-state index in [1.165, 1.54) is 11.3 Å². The van der Waals surface area contributed by atoms with E-state index in [1.54, 1.807) is 6.07 Å². The van der Waals surface area contributed by atoms with Crippen molar-refractivity contribution >= 4 is 28.9 Å². The number of carboxylic acids is 1. The Kier molecular flexibility index (Phi) is 4.36. The smallest absolute Gasteiger partial charge is 0.316 e. The van der Waals surface area contributed by atoms with Crippen LogP contribution in [-0.4, -0.2) is 17.0 Å². The fourth-order valence-electron chi connectivity index (χ4n) is 2.63. The van der Waals surface area contributed by atoms with Crippen molar-refractivity contribution in [2.45, 2.75) is 19.8 Å². The summed E-state index contributed by atoms with van der Waals surface area (Å²) in [7, 11) is 0. The van der Waals surface area contributed by atoms with Crippen molar-refractivity contribution in [2.75, 3.05) is 5.32 Å². The van der Waals surface area contributed by atoms with E-state index < -0.39 is 17.8 Å². The SMILES string of the molecule is Cc1ccc(-c2ccc(C#N)s2)cc1NC(=O)C(C(=O)O)C1CC1. The van der Waals surface area contributed by atoms with Gasteiger partial charge in [0.2, 0.25) is 5.91 Å². The fraction of sp³-hybridized carbons (Fsp3) is 0.278. The van der Waals surface area contributed by atoms with Crippen molar-refractivity contribution in [1.82, 2.24) is 0 Å². The number of hydrogen-bond donors (Lipinski definition) is 2. The first kappa shape index (κ1) is 16.2. The second kappa shape index (κ2) is 6.46. The van der Waals surface area contributed by atoms with Crippen LogP contribution in [0, 0.1) is 30.1 Å². The number of anilines is 1. The molecule has 5 nitrogen and oxygen atoms in total. The van der Waals surface area contributed by atoms with Gasteiger partial charge < -0.3 is 10.4 Å². The molecule has 0 radical (unpaired) electrons. The van der Waals surface area contributed by atoms with Crippen LogP contribution < -0.4 is 5.32 Å². The second-order valence-corrected chi connectivity index (χ2v) is 7.03. The standard InChI is InChI=1S/C18H16N2O3S/c1-10-2-3-12(15-7-6-13(9-19)24-15)8-14(10)20-17(21)16(18(22)23)11-4-5-11/h2-3,6-8,11,16H,4-5H2,1H3,(H,20,21)(H,22,23). The van der Waals surface area contributed by atoms with E-state index in [1.807, 2.05) is 31.2 Å². The normalized spacial score (nSPS) is 14.7. The van der Waals surface area contributed by atoms with Crippen LogP contribution >= 0.6 is 11.3 Å². The van der Waals surface area contributed by atoms with E-state index in [4.69, 9.17) is 5.26 Å². The van der Waals surface area contributed by atoms with Crippen molar-refractivity contribution < 1.29 is 14.7 Å². The molecule has 0 bridgehead atoms. The average molecular weight is 340 g/mol. The first-order valence-corrected chi connectivity index (χ1v) is 8.46. The van der Waals surface area contributed by atoms with E-state index in [2.05, 4.69) is 11.4 Å². The summed E-state index contributed by atoms with van der Waals surface area (Å²) in [5, 5.41) is 21.0. The van der Waals surface area contributed by atoms with Crippen LogP contribution in [0.25, 0.3) is 10.4 Å². The molecule has 1 aromatic heterocycles. The number of nitriles is 1. The zero-order valence-corrected chi connectivity index (χ0v) is 13.9. The van der Waals surface area contributed by atoms with Crippen LogP contribution in [-0.2, 0) is 9.59 Å². The van der Waals surface area contributed by atoms with Crippen LogP contribution in [0.3, 0.4) is 0 Å². The quantitative estimate of drug-likeness (QED) is 0.813. The lowest BCUT2D eigenvalue weighted by Crippen LogP contribution is -2.31. The highest BCUT2D eigenvalue weighted by molar-refractivity contribution is 7.16. The molecule has 0 saturated heterocycles. The Hall–Kier alpha value is -2.65. The fourth-order valence-corrected chi connectivity index (χ4v) is 3.43. The molecule has 1 saturated carbocycles. The lowest BCUT2D eigenvalue weighted by atomic mass is 10.0. The number of thiophene rings is 1. The van der Waals surface area contributed by atoms with Gasteiger partial charge >= 0.3 is 5.97 Å². The summed E-state index contributed by atoms with van der Waals surface area (Å²) in [6, 6.07) is 11.4. The van der Waals surface area contributed by atoms with Gasteiger partial charge in [-0.3, -0.25) is 9.59 Å². The monoisotopic (exact) mass is 340 g/mol. The van der Waals surface area contributed by atoms with Gasteiger partial charge in [0, 0.05) is 10.6 Å². The third-order valence-corrected chi connectivity index (χ3v) is 5.18. The Balaban J connectivity index is 1.85. The number of amides is 1. The molecule has 3 rings (SSSR count). The van der Waals surface area contributed by atoms with Crippen molar-refractivity contribution in [3.8, 4) is 16.5 Å². The predicted molar refractivity (Wildman–Crippen MR) is 91.7 cm³/mol. The van der Waals surface area contributed by atoms with Crippen molar-refractivity contribution in [2.24, 2.45) is 11.8 Å². The Morgan fingerprint density at radius 2 is 2.08 bits per heavy atom. The van der Waals surface area contributed by atoms with Gasteiger partial charge in [0.15, 0.2) is 0 Å². The van der Waals surface area contributed by atoms with Gasteiger partial charge in [-0.15, -0.1) is 11.3 Å². The first-order valence-electron chi connectivity index (χ1n) is 7.64. The number of hydrogen-bond acceptors (Lipinski definition) is 4. The maximum Gasteiger partial charge on any atom is 0.316 e. The summed E-state index contributed by atoms with van der Waals surface area (Å²) in [6.07, 6.45) is 1.57. The zero-order chi connectivity index (χ0) is 17.3. The van der Waals surface area contributed by atoms with Gasteiger partial charge in [0.25, 0.3) is 0 Å². The number of rotatable bonds is 5.